The van der Waals surface area contributed by atoms with E-state index >= 15 is 0 Å². The molecule has 0 heterocycles. The molecular formula is C9H11N. The molecule has 0 fully saturated rings. The first-order valence-electron chi connectivity index (χ1n) is 3.16. The SMILES string of the molecule is C=c1c(C)ccc(N)c1=C. The number of hydrogen-bond acceptors (Lipinski definition) is 1. The molecule has 2 N–H and O–H groups in total. The molecular weight excluding hydrogens is 122 g/mol. The quantitative estimate of drug-likeness (QED) is 0.509. The van der Waals surface area contributed by atoms with Crippen molar-refractivity contribution in [3.8, 4) is 0 Å². The number of benzene rings is 1. The van der Waals surface area contributed by atoms with Crippen LogP contribution in [0.4, 0.5) is 5.69 Å². The van der Waals surface area contributed by atoms with Crippen LogP contribution in [0.25, 0.3) is 13.2 Å². The zero-order chi connectivity index (χ0) is 7.72. The molecule has 0 bridgehead atoms. The summed E-state index contributed by atoms with van der Waals surface area (Å²) in [5.41, 5.74) is 7.44. The van der Waals surface area contributed by atoms with Gasteiger partial charge in [0.25, 0.3) is 0 Å². The van der Waals surface area contributed by atoms with Crippen molar-refractivity contribution < 1.29 is 0 Å². The number of nitrogens with two attached hydrogens (primary N) is 1. The van der Waals surface area contributed by atoms with Crippen LogP contribution in [-0.4, -0.2) is 0 Å². The van der Waals surface area contributed by atoms with E-state index in [1.807, 2.05) is 19.1 Å². The lowest BCUT2D eigenvalue weighted by atomic mass is 10.1. The monoisotopic (exact) mass is 133 g/mol. The van der Waals surface area contributed by atoms with Crippen molar-refractivity contribution in [2.75, 3.05) is 5.73 Å². The van der Waals surface area contributed by atoms with Crippen LogP contribution in [-0.2, 0) is 0 Å². The Kier molecular flexibility index (Phi) is 1.50. The van der Waals surface area contributed by atoms with Gasteiger partial charge in [0, 0.05) is 5.69 Å². The van der Waals surface area contributed by atoms with Gasteiger partial charge in [-0.05, 0) is 29.0 Å². The van der Waals surface area contributed by atoms with Crippen LogP contribution in [0.15, 0.2) is 12.1 Å². The van der Waals surface area contributed by atoms with Gasteiger partial charge in [-0.25, -0.2) is 0 Å². The van der Waals surface area contributed by atoms with Gasteiger partial charge in [0.1, 0.15) is 0 Å². The molecule has 0 atom stereocenters. The van der Waals surface area contributed by atoms with Gasteiger partial charge in [0.05, 0.1) is 0 Å². The topological polar surface area (TPSA) is 26.0 Å². The second kappa shape index (κ2) is 2.18. The Morgan fingerprint density at radius 2 is 1.80 bits per heavy atom. The third-order valence-electron chi connectivity index (χ3n) is 1.70. The molecule has 10 heavy (non-hydrogen) atoms. The van der Waals surface area contributed by atoms with Crippen molar-refractivity contribution >= 4 is 18.8 Å². The number of anilines is 1. The zero-order valence-electron chi connectivity index (χ0n) is 6.15. The van der Waals surface area contributed by atoms with Gasteiger partial charge in [-0.15, -0.1) is 0 Å². The van der Waals surface area contributed by atoms with Gasteiger partial charge in [-0.3, -0.25) is 0 Å². The summed E-state index contributed by atoms with van der Waals surface area (Å²) in [6.45, 7) is 9.63. The fraction of sp³-hybridized carbons (Fsp3) is 0.111. The van der Waals surface area contributed by atoms with E-state index in [0.29, 0.717) is 0 Å². The van der Waals surface area contributed by atoms with Crippen molar-refractivity contribution in [1.29, 1.82) is 0 Å². The van der Waals surface area contributed by atoms with Gasteiger partial charge in [-0.1, -0.05) is 19.2 Å². The summed E-state index contributed by atoms with van der Waals surface area (Å²) in [4.78, 5) is 0. The third-order valence-corrected chi connectivity index (χ3v) is 1.70. The third kappa shape index (κ3) is 0.903. The highest BCUT2D eigenvalue weighted by Gasteiger charge is 1.89. The predicted molar refractivity (Wildman–Crippen MR) is 45.9 cm³/mol. The largest absolute Gasteiger partial charge is 0.398 e. The molecule has 1 aromatic carbocycles. The summed E-state index contributed by atoms with van der Waals surface area (Å²) in [6.07, 6.45) is 0. The van der Waals surface area contributed by atoms with Crippen LogP contribution in [0, 0.1) is 6.92 Å². The number of aryl methyl sites for hydroxylation is 1. The molecule has 0 aliphatic carbocycles. The summed E-state index contributed by atoms with van der Waals surface area (Å²) in [7, 11) is 0. The van der Waals surface area contributed by atoms with E-state index in [4.69, 9.17) is 5.73 Å². The molecule has 0 aliphatic rings. The summed E-state index contributed by atoms with van der Waals surface area (Å²) < 4.78 is 0. The first-order chi connectivity index (χ1) is 4.63. The van der Waals surface area contributed by atoms with Crippen LogP contribution in [0.1, 0.15) is 5.56 Å². The Balaban J connectivity index is 3.67. The Hall–Kier alpha value is -1.24. The van der Waals surface area contributed by atoms with Gasteiger partial charge in [0.2, 0.25) is 0 Å². The number of nitrogen functional groups attached to an aromatic ring is 1. The van der Waals surface area contributed by atoms with Gasteiger partial charge in [-0.2, -0.15) is 0 Å². The molecule has 1 heteroatoms. The minimum absolute atomic E-state index is 0.718. The number of hydrogen-bond donors (Lipinski definition) is 1. The van der Waals surface area contributed by atoms with Crippen LogP contribution in [0.5, 0.6) is 0 Å². The molecule has 0 radical (unpaired) electrons. The van der Waals surface area contributed by atoms with Crippen LogP contribution < -0.4 is 16.2 Å². The highest BCUT2D eigenvalue weighted by Crippen LogP contribution is 1.90. The molecule has 1 rings (SSSR count). The molecule has 0 amide bonds. The minimum Gasteiger partial charge on any atom is -0.398 e. The fourth-order valence-corrected chi connectivity index (χ4v) is 0.828. The van der Waals surface area contributed by atoms with Crippen molar-refractivity contribution in [3.05, 3.63) is 28.1 Å². The average molecular weight is 133 g/mol. The fourth-order valence-electron chi connectivity index (χ4n) is 0.828. The van der Waals surface area contributed by atoms with E-state index in [1.54, 1.807) is 0 Å². The molecule has 0 saturated carbocycles. The summed E-state index contributed by atoms with van der Waals surface area (Å²) >= 11 is 0. The minimum atomic E-state index is 0.718. The summed E-state index contributed by atoms with van der Waals surface area (Å²) in [5, 5.41) is 1.79. The van der Waals surface area contributed by atoms with Gasteiger partial charge >= 0.3 is 0 Å². The Labute approximate surface area is 60.5 Å². The van der Waals surface area contributed by atoms with E-state index in [0.717, 1.165) is 21.7 Å². The molecule has 0 saturated heterocycles. The lowest BCUT2D eigenvalue weighted by Crippen LogP contribution is -2.27. The van der Waals surface area contributed by atoms with E-state index < -0.39 is 0 Å². The smallest absolute Gasteiger partial charge is 0.0387 e. The first kappa shape index (κ1) is 6.87. The maximum absolute atomic E-state index is 5.59. The second-order valence-electron chi connectivity index (χ2n) is 2.43. The van der Waals surface area contributed by atoms with E-state index in [-0.39, 0.29) is 0 Å². The lowest BCUT2D eigenvalue weighted by Gasteiger charge is -1.96. The van der Waals surface area contributed by atoms with E-state index in [2.05, 4.69) is 13.2 Å². The Bertz CT molecular complexity index is 303. The van der Waals surface area contributed by atoms with Gasteiger partial charge < -0.3 is 5.73 Å². The average Bonchev–Trinajstić information content (AvgIpc) is 1.93. The molecule has 52 valence electrons. The zero-order valence-corrected chi connectivity index (χ0v) is 6.15. The summed E-state index contributed by atoms with van der Waals surface area (Å²) in [6, 6.07) is 3.80. The molecule has 0 aromatic heterocycles. The molecule has 0 aliphatic heterocycles. The predicted octanol–water partition coefficient (Wildman–Crippen LogP) is 0.398. The molecule has 0 unspecified atom stereocenters. The maximum Gasteiger partial charge on any atom is 0.0387 e. The standard InChI is InChI=1S/C9H11N/c1-6-4-5-9(10)8(3)7(6)2/h4-5H,2-3,10H2,1H3. The highest BCUT2D eigenvalue weighted by molar-refractivity contribution is 5.44. The lowest BCUT2D eigenvalue weighted by molar-refractivity contribution is 1.38. The summed E-state index contributed by atoms with van der Waals surface area (Å²) in [5.74, 6) is 0. The van der Waals surface area contributed by atoms with Crippen LogP contribution in [0.3, 0.4) is 0 Å². The van der Waals surface area contributed by atoms with Crippen LogP contribution in [0.2, 0.25) is 0 Å². The molecule has 1 nitrogen and oxygen atoms in total. The molecule has 1 aromatic rings. The van der Waals surface area contributed by atoms with Crippen molar-refractivity contribution in [2.45, 2.75) is 6.92 Å². The molecule has 0 spiro atoms. The van der Waals surface area contributed by atoms with Crippen molar-refractivity contribution in [1.82, 2.24) is 0 Å². The Morgan fingerprint density at radius 3 is 2.30 bits per heavy atom. The Morgan fingerprint density at radius 1 is 1.20 bits per heavy atom. The van der Waals surface area contributed by atoms with Gasteiger partial charge in [0.15, 0.2) is 0 Å². The van der Waals surface area contributed by atoms with Crippen molar-refractivity contribution in [3.63, 3.8) is 0 Å². The second-order valence-corrected chi connectivity index (χ2v) is 2.43. The highest BCUT2D eigenvalue weighted by atomic mass is 14.5. The van der Waals surface area contributed by atoms with Crippen molar-refractivity contribution in [2.24, 2.45) is 0 Å². The normalized spacial score (nSPS) is 9.70. The number of rotatable bonds is 0. The van der Waals surface area contributed by atoms with Crippen LogP contribution >= 0.6 is 0 Å². The van der Waals surface area contributed by atoms with E-state index in [9.17, 15) is 0 Å². The van der Waals surface area contributed by atoms with E-state index in [1.165, 1.54) is 0 Å². The maximum atomic E-state index is 5.59. The first-order valence-corrected chi connectivity index (χ1v) is 3.16.